The van der Waals surface area contributed by atoms with Crippen LogP contribution in [0.5, 0.6) is 0 Å². The van der Waals surface area contributed by atoms with Crippen LogP contribution >= 0.6 is 11.6 Å². The second kappa shape index (κ2) is 8.88. The van der Waals surface area contributed by atoms with Gasteiger partial charge in [0.25, 0.3) is 5.91 Å². The number of hydrogen-bond donors (Lipinski definition) is 3. The fraction of sp³-hybridized carbons (Fsp3) is 0.235. The summed E-state index contributed by atoms with van der Waals surface area (Å²) >= 11 is 5.88. The van der Waals surface area contributed by atoms with Gasteiger partial charge < -0.3 is 16.0 Å². The quantitative estimate of drug-likeness (QED) is 0.719. The van der Waals surface area contributed by atoms with Crippen LogP contribution in [0.4, 0.5) is 11.5 Å². The van der Waals surface area contributed by atoms with Crippen molar-refractivity contribution in [2.24, 2.45) is 0 Å². The number of halogens is 1. The third-order valence-electron chi connectivity index (χ3n) is 3.11. The molecule has 0 spiro atoms. The van der Waals surface area contributed by atoms with Crippen molar-refractivity contribution in [3.05, 3.63) is 53.2 Å². The molecule has 0 aliphatic rings. The first-order valence-electron chi connectivity index (χ1n) is 7.62. The van der Waals surface area contributed by atoms with E-state index >= 15 is 0 Å². The first kappa shape index (κ1) is 17.7. The molecule has 0 radical (unpaired) electrons. The normalized spacial score (nSPS) is 10.1. The number of rotatable bonds is 7. The topological polar surface area (TPSA) is 83.1 Å². The molecule has 0 aliphatic carbocycles. The van der Waals surface area contributed by atoms with Crippen LogP contribution in [-0.2, 0) is 4.79 Å². The Bertz CT molecular complexity index is 704. The van der Waals surface area contributed by atoms with Gasteiger partial charge in [-0.15, -0.1) is 0 Å². The molecule has 0 fully saturated rings. The Hall–Kier alpha value is -2.60. The molecule has 24 heavy (non-hydrogen) atoms. The number of nitrogens with one attached hydrogen (secondary N) is 3. The number of benzene rings is 1. The molecular formula is C17H19ClN4O2. The SMILES string of the molecule is CCCNC(=O)CNc1ccc(C(=O)Nc2cccc(Cl)c2)cn1. The average molecular weight is 347 g/mol. The van der Waals surface area contributed by atoms with Gasteiger partial charge in [0.2, 0.25) is 5.91 Å². The van der Waals surface area contributed by atoms with Crippen LogP contribution in [0.15, 0.2) is 42.6 Å². The van der Waals surface area contributed by atoms with Crippen LogP contribution in [0, 0.1) is 0 Å². The fourth-order valence-electron chi connectivity index (χ4n) is 1.90. The minimum atomic E-state index is -0.281. The second-order valence-corrected chi connectivity index (χ2v) is 5.54. The molecule has 3 N–H and O–H groups in total. The lowest BCUT2D eigenvalue weighted by Gasteiger charge is -2.08. The maximum atomic E-state index is 12.1. The van der Waals surface area contributed by atoms with Gasteiger partial charge in [-0.05, 0) is 36.8 Å². The summed E-state index contributed by atoms with van der Waals surface area (Å²) in [7, 11) is 0. The molecule has 0 saturated carbocycles. The molecule has 0 saturated heterocycles. The molecule has 2 amide bonds. The maximum Gasteiger partial charge on any atom is 0.257 e. The van der Waals surface area contributed by atoms with Gasteiger partial charge >= 0.3 is 0 Å². The molecular weight excluding hydrogens is 328 g/mol. The third kappa shape index (κ3) is 5.55. The summed E-state index contributed by atoms with van der Waals surface area (Å²) in [5.74, 6) is 0.152. The number of carbonyl (C=O) groups is 2. The lowest BCUT2D eigenvalue weighted by molar-refractivity contribution is -0.119. The van der Waals surface area contributed by atoms with E-state index in [1.165, 1.54) is 6.20 Å². The number of anilines is 2. The molecule has 2 aromatic rings. The summed E-state index contributed by atoms with van der Waals surface area (Å²) < 4.78 is 0. The van der Waals surface area contributed by atoms with Crippen LogP contribution in [0.3, 0.4) is 0 Å². The molecule has 1 heterocycles. The van der Waals surface area contributed by atoms with Crippen LogP contribution in [0.2, 0.25) is 5.02 Å². The van der Waals surface area contributed by atoms with Gasteiger partial charge in [0.05, 0.1) is 12.1 Å². The van der Waals surface area contributed by atoms with E-state index in [2.05, 4.69) is 20.9 Å². The van der Waals surface area contributed by atoms with Crippen molar-refractivity contribution in [3.63, 3.8) is 0 Å². The molecule has 7 heteroatoms. The lowest BCUT2D eigenvalue weighted by atomic mass is 10.2. The Labute approximate surface area is 145 Å². The van der Waals surface area contributed by atoms with Gasteiger partial charge in [-0.3, -0.25) is 9.59 Å². The van der Waals surface area contributed by atoms with Gasteiger partial charge in [0.1, 0.15) is 5.82 Å². The number of pyridine rings is 1. The van der Waals surface area contributed by atoms with Crippen molar-refractivity contribution in [3.8, 4) is 0 Å². The predicted octanol–water partition coefficient (Wildman–Crippen LogP) is 2.93. The fourth-order valence-corrected chi connectivity index (χ4v) is 2.09. The van der Waals surface area contributed by atoms with Crippen molar-refractivity contribution >= 4 is 34.9 Å². The van der Waals surface area contributed by atoms with Gasteiger partial charge in [-0.1, -0.05) is 24.6 Å². The van der Waals surface area contributed by atoms with Crippen LogP contribution in [-0.4, -0.2) is 29.9 Å². The number of hydrogen-bond acceptors (Lipinski definition) is 4. The number of carbonyl (C=O) groups excluding carboxylic acids is 2. The van der Waals surface area contributed by atoms with E-state index in [1.54, 1.807) is 36.4 Å². The highest BCUT2D eigenvalue weighted by molar-refractivity contribution is 6.30. The Morgan fingerprint density at radius 1 is 1.21 bits per heavy atom. The van der Waals surface area contributed by atoms with Crippen molar-refractivity contribution < 1.29 is 9.59 Å². The molecule has 0 bridgehead atoms. The zero-order valence-corrected chi connectivity index (χ0v) is 14.1. The largest absolute Gasteiger partial charge is 0.361 e. The van der Waals surface area contributed by atoms with Gasteiger partial charge in [-0.25, -0.2) is 4.98 Å². The smallest absolute Gasteiger partial charge is 0.257 e. The first-order valence-corrected chi connectivity index (χ1v) is 8.00. The Kier molecular flexibility index (Phi) is 6.57. The molecule has 0 atom stereocenters. The molecule has 0 unspecified atom stereocenters. The van der Waals surface area contributed by atoms with Crippen LogP contribution < -0.4 is 16.0 Å². The average Bonchev–Trinajstić information content (AvgIpc) is 2.58. The molecule has 126 valence electrons. The van der Waals surface area contributed by atoms with Gasteiger partial charge in [0.15, 0.2) is 0 Å². The minimum Gasteiger partial charge on any atom is -0.361 e. The Morgan fingerprint density at radius 2 is 2.04 bits per heavy atom. The highest BCUT2D eigenvalue weighted by Crippen LogP contribution is 2.16. The summed E-state index contributed by atoms with van der Waals surface area (Å²) in [5.41, 5.74) is 1.03. The van der Waals surface area contributed by atoms with Crippen molar-refractivity contribution in [1.29, 1.82) is 0 Å². The number of nitrogens with zero attached hydrogens (tertiary/aromatic N) is 1. The summed E-state index contributed by atoms with van der Waals surface area (Å²) in [6, 6.07) is 10.2. The van der Waals surface area contributed by atoms with E-state index < -0.39 is 0 Å². The van der Waals surface area contributed by atoms with E-state index in [-0.39, 0.29) is 18.4 Å². The van der Waals surface area contributed by atoms with Crippen molar-refractivity contribution in [2.75, 3.05) is 23.7 Å². The number of amides is 2. The summed E-state index contributed by atoms with van der Waals surface area (Å²) in [5, 5.41) is 8.96. The predicted molar refractivity (Wildman–Crippen MR) is 95.4 cm³/mol. The van der Waals surface area contributed by atoms with E-state index in [0.717, 1.165) is 6.42 Å². The van der Waals surface area contributed by atoms with E-state index in [0.29, 0.717) is 28.6 Å². The highest BCUT2D eigenvalue weighted by atomic mass is 35.5. The molecule has 0 aliphatic heterocycles. The summed E-state index contributed by atoms with van der Waals surface area (Å²) in [6.45, 7) is 2.78. The monoisotopic (exact) mass is 346 g/mol. The zero-order valence-electron chi connectivity index (χ0n) is 13.3. The van der Waals surface area contributed by atoms with E-state index in [4.69, 9.17) is 11.6 Å². The third-order valence-corrected chi connectivity index (χ3v) is 3.35. The van der Waals surface area contributed by atoms with Crippen LogP contribution in [0.1, 0.15) is 23.7 Å². The minimum absolute atomic E-state index is 0.0959. The van der Waals surface area contributed by atoms with Crippen molar-refractivity contribution in [2.45, 2.75) is 13.3 Å². The molecule has 1 aromatic carbocycles. The number of aromatic nitrogens is 1. The Morgan fingerprint density at radius 3 is 2.71 bits per heavy atom. The van der Waals surface area contributed by atoms with Gasteiger partial charge in [0, 0.05) is 23.5 Å². The first-order chi connectivity index (χ1) is 11.6. The van der Waals surface area contributed by atoms with Gasteiger partial charge in [-0.2, -0.15) is 0 Å². The molecule has 2 rings (SSSR count). The molecule has 1 aromatic heterocycles. The standard InChI is InChI=1S/C17H19ClN4O2/c1-2-8-19-16(23)11-21-15-7-6-12(10-20-15)17(24)22-14-5-3-4-13(18)9-14/h3-7,9-10H,2,8,11H2,1H3,(H,19,23)(H,20,21)(H,22,24). The molecule has 6 nitrogen and oxygen atoms in total. The zero-order chi connectivity index (χ0) is 17.4. The maximum absolute atomic E-state index is 12.1. The Balaban J connectivity index is 1.89. The van der Waals surface area contributed by atoms with E-state index in [1.807, 2.05) is 6.92 Å². The highest BCUT2D eigenvalue weighted by Gasteiger charge is 2.07. The van der Waals surface area contributed by atoms with Crippen LogP contribution in [0.25, 0.3) is 0 Å². The lowest BCUT2D eigenvalue weighted by Crippen LogP contribution is -2.30. The summed E-state index contributed by atoms with van der Waals surface area (Å²) in [6.07, 6.45) is 2.34. The second-order valence-electron chi connectivity index (χ2n) is 5.10. The van der Waals surface area contributed by atoms with E-state index in [9.17, 15) is 9.59 Å². The summed E-state index contributed by atoms with van der Waals surface area (Å²) in [4.78, 5) is 27.8. The van der Waals surface area contributed by atoms with Crippen molar-refractivity contribution in [1.82, 2.24) is 10.3 Å².